The summed E-state index contributed by atoms with van der Waals surface area (Å²) in [6.45, 7) is 3.81. The minimum absolute atomic E-state index is 0.336. The highest BCUT2D eigenvalue weighted by Crippen LogP contribution is 2.49. The summed E-state index contributed by atoms with van der Waals surface area (Å²) in [7, 11) is 0. The molecule has 0 N–H and O–H groups in total. The Morgan fingerprint density at radius 2 is 2.33 bits per heavy atom. The van der Waals surface area contributed by atoms with Crippen LogP contribution < -0.4 is 0 Å². The van der Waals surface area contributed by atoms with Crippen molar-refractivity contribution in [3.05, 3.63) is 21.9 Å². The normalized spacial score (nSPS) is 27.2. The number of hydrogen-bond donors (Lipinski definition) is 0. The van der Waals surface area contributed by atoms with Gasteiger partial charge in [-0.1, -0.05) is 0 Å². The summed E-state index contributed by atoms with van der Waals surface area (Å²) in [6, 6.07) is 4.29. The number of carbonyl (C=O) groups is 1. The van der Waals surface area contributed by atoms with E-state index < -0.39 is 0 Å². The lowest BCUT2D eigenvalue weighted by atomic mass is 10.2. The summed E-state index contributed by atoms with van der Waals surface area (Å²) in [5, 5.41) is 0. The summed E-state index contributed by atoms with van der Waals surface area (Å²) in [6.07, 6.45) is 1.08. The Balaban J connectivity index is 2.10. The Bertz CT molecular complexity index is 313. The molecule has 0 aliphatic heterocycles. The zero-order valence-corrected chi connectivity index (χ0v) is 8.15. The number of rotatable bonds is 2. The molecular weight excluding hydrogens is 168 g/mol. The lowest BCUT2D eigenvalue weighted by molar-refractivity contribution is -0.118. The average Bonchev–Trinajstić information content (AvgIpc) is 2.70. The van der Waals surface area contributed by atoms with Crippen LogP contribution in [0.25, 0.3) is 0 Å². The van der Waals surface area contributed by atoms with Crippen molar-refractivity contribution in [2.24, 2.45) is 5.92 Å². The Morgan fingerprint density at radius 3 is 2.75 bits per heavy atom. The van der Waals surface area contributed by atoms with Crippen molar-refractivity contribution in [3.8, 4) is 0 Å². The number of ketones is 1. The van der Waals surface area contributed by atoms with Crippen molar-refractivity contribution < 1.29 is 4.79 Å². The molecule has 0 aromatic carbocycles. The van der Waals surface area contributed by atoms with Crippen molar-refractivity contribution >= 4 is 17.1 Å². The van der Waals surface area contributed by atoms with E-state index >= 15 is 0 Å². The van der Waals surface area contributed by atoms with Crippen LogP contribution in [-0.4, -0.2) is 5.78 Å². The number of hydrogen-bond acceptors (Lipinski definition) is 2. The predicted molar refractivity (Wildman–Crippen MR) is 50.6 cm³/mol. The van der Waals surface area contributed by atoms with Gasteiger partial charge in [0, 0.05) is 21.6 Å². The topological polar surface area (TPSA) is 17.1 Å². The number of thiophene rings is 1. The van der Waals surface area contributed by atoms with Gasteiger partial charge in [0.05, 0.1) is 0 Å². The number of aryl methyl sites for hydroxylation is 1. The number of carbonyl (C=O) groups excluding carboxylic acids is 1. The molecule has 1 nitrogen and oxygen atoms in total. The average molecular weight is 180 g/mol. The van der Waals surface area contributed by atoms with Crippen LogP contribution in [0.15, 0.2) is 12.1 Å². The molecule has 0 spiro atoms. The highest BCUT2D eigenvalue weighted by atomic mass is 32.1. The summed E-state index contributed by atoms with van der Waals surface area (Å²) in [4.78, 5) is 13.7. The minimum atomic E-state index is 0.336. The van der Waals surface area contributed by atoms with Crippen molar-refractivity contribution in [1.82, 2.24) is 0 Å². The first-order valence-electron chi connectivity index (χ1n) is 4.25. The molecule has 0 radical (unpaired) electrons. The van der Waals surface area contributed by atoms with Gasteiger partial charge in [0.15, 0.2) is 0 Å². The second kappa shape index (κ2) is 2.70. The fourth-order valence-electron chi connectivity index (χ4n) is 1.61. The van der Waals surface area contributed by atoms with Crippen LogP contribution in [0.2, 0.25) is 0 Å². The molecule has 1 saturated carbocycles. The van der Waals surface area contributed by atoms with Crippen LogP contribution in [0, 0.1) is 12.8 Å². The van der Waals surface area contributed by atoms with E-state index in [4.69, 9.17) is 0 Å². The zero-order chi connectivity index (χ0) is 8.72. The molecule has 1 aromatic rings. The standard InChI is InChI=1S/C10H12OS/c1-6-3-4-10(12-6)9-5-8(9)7(2)11/h3-4,8-9H,5H2,1-2H3/t8-,9+/m0/s1. The van der Waals surface area contributed by atoms with E-state index in [1.807, 2.05) is 11.3 Å². The Kier molecular flexibility index (Phi) is 1.80. The van der Waals surface area contributed by atoms with Gasteiger partial charge in [-0.3, -0.25) is 4.79 Å². The van der Waals surface area contributed by atoms with E-state index in [-0.39, 0.29) is 0 Å². The molecule has 64 valence electrons. The fraction of sp³-hybridized carbons (Fsp3) is 0.500. The Labute approximate surface area is 76.4 Å². The Morgan fingerprint density at radius 1 is 1.58 bits per heavy atom. The van der Waals surface area contributed by atoms with Crippen LogP contribution in [0.4, 0.5) is 0 Å². The minimum Gasteiger partial charge on any atom is -0.300 e. The maximum atomic E-state index is 11.0. The van der Waals surface area contributed by atoms with Crippen LogP contribution in [0.3, 0.4) is 0 Å². The van der Waals surface area contributed by atoms with Crippen molar-refractivity contribution in [3.63, 3.8) is 0 Å². The smallest absolute Gasteiger partial charge is 0.133 e. The maximum absolute atomic E-state index is 11.0. The summed E-state index contributed by atoms with van der Waals surface area (Å²) in [5.41, 5.74) is 0. The SMILES string of the molecule is CC(=O)[C@@H]1C[C@H]1c1ccc(C)s1. The predicted octanol–water partition coefficient (Wildman–Crippen LogP) is 2.75. The van der Waals surface area contributed by atoms with Crippen molar-refractivity contribution in [2.75, 3.05) is 0 Å². The molecule has 0 amide bonds. The second-order valence-electron chi connectivity index (χ2n) is 3.51. The molecule has 1 heterocycles. The molecule has 0 bridgehead atoms. The van der Waals surface area contributed by atoms with Gasteiger partial charge in [-0.2, -0.15) is 0 Å². The molecule has 2 heteroatoms. The van der Waals surface area contributed by atoms with Crippen LogP contribution in [0.1, 0.15) is 29.0 Å². The second-order valence-corrected chi connectivity index (χ2v) is 4.83. The van der Waals surface area contributed by atoms with Crippen LogP contribution in [-0.2, 0) is 4.79 Å². The molecule has 12 heavy (non-hydrogen) atoms. The largest absolute Gasteiger partial charge is 0.300 e. The highest BCUT2D eigenvalue weighted by molar-refractivity contribution is 7.12. The molecular formula is C10H12OS. The summed E-state index contributed by atoms with van der Waals surface area (Å²) in [5.74, 6) is 1.25. The van der Waals surface area contributed by atoms with E-state index in [1.54, 1.807) is 6.92 Å². The van der Waals surface area contributed by atoms with E-state index in [1.165, 1.54) is 9.75 Å². The highest BCUT2D eigenvalue weighted by Gasteiger charge is 2.42. The summed E-state index contributed by atoms with van der Waals surface area (Å²) >= 11 is 1.83. The molecule has 2 rings (SSSR count). The van der Waals surface area contributed by atoms with Gasteiger partial charge in [-0.25, -0.2) is 0 Å². The molecule has 1 aliphatic rings. The van der Waals surface area contributed by atoms with Gasteiger partial charge in [0.2, 0.25) is 0 Å². The maximum Gasteiger partial charge on any atom is 0.133 e. The van der Waals surface area contributed by atoms with Gasteiger partial charge >= 0.3 is 0 Å². The number of Topliss-reactive ketones (excluding diaryl/α,β-unsaturated/α-hetero) is 1. The van der Waals surface area contributed by atoms with Gasteiger partial charge < -0.3 is 0 Å². The first kappa shape index (κ1) is 7.99. The fourth-order valence-corrected chi connectivity index (χ4v) is 2.67. The first-order chi connectivity index (χ1) is 5.68. The van der Waals surface area contributed by atoms with Crippen molar-refractivity contribution in [1.29, 1.82) is 0 Å². The first-order valence-corrected chi connectivity index (χ1v) is 5.07. The quantitative estimate of drug-likeness (QED) is 0.684. The van der Waals surface area contributed by atoms with E-state index in [0.29, 0.717) is 17.6 Å². The Hall–Kier alpha value is -0.630. The third-order valence-corrected chi connectivity index (χ3v) is 3.57. The molecule has 1 aliphatic carbocycles. The van der Waals surface area contributed by atoms with Crippen LogP contribution in [0.5, 0.6) is 0 Å². The lowest BCUT2D eigenvalue weighted by Crippen LogP contribution is -1.93. The van der Waals surface area contributed by atoms with Gasteiger partial charge in [0.1, 0.15) is 5.78 Å². The van der Waals surface area contributed by atoms with Crippen molar-refractivity contribution in [2.45, 2.75) is 26.2 Å². The monoisotopic (exact) mass is 180 g/mol. The van der Waals surface area contributed by atoms with E-state index in [9.17, 15) is 4.79 Å². The van der Waals surface area contributed by atoms with E-state index in [2.05, 4.69) is 19.1 Å². The van der Waals surface area contributed by atoms with Gasteiger partial charge in [-0.15, -0.1) is 11.3 Å². The molecule has 0 saturated heterocycles. The molecule has 2 atom stereocenters. The third-order valence-electron chi connectivity index (χ3n) is 2.44. The molecule has 1 aromatic heterocycles. The van der Waals surface area contributed by atoms with E-state index in [0.717, 1.165) is 6.42 Å². The molecule has 0 unspecified atom stereocenters. The molecule has 1 fully saturated rings. The van der Waals surface area contributed by atoms with Crippen LogP contribution >= 0.6 is 11.3 Å². The zero-order valence-electron chi connectivity index (χ0n) is 7.33. The summed E-state index contributed by atoms with van der Waals surface area (Å²) < 4.78 is 0. The van der Waals surface area contributed by atoms with Gasteiger partial charge in [-0.05, 0) is 32.4 Å². The third kappa shape index (κ3) is 1.31. The van der Waals surface area contributed by atoms with Gasteiger partial charge in [0.25, 0.3) is 0 Å². The lowest BCUT2D eigenvalue weighted by Gasteiger charge is -1.90.